The minimum Gasteiger partial charge on any atom is -0.376 e. The molecule has 2 aliphatic heterocycles. The second-order valence-electron chi connectivity index (χ2n) is 7.83. The number of thioether (sulfide) groups is 1. The summed E-state index contributed by atoms with van der Waals surface area (Å²) in [5.41, 5.74) is 0.783. The number of aromatic nitrogens is 3. The number of hydrogen-bond donors (Lipinski definition) is 1. The molecule has 9 heteroatoms. The first-order valence-electron chi connectivity index (χ1n) is 10.6. The lowest BCUT2D eigenvalue weighted by Gasteiger charge is -2.28. The highest BCUT2D eigenvalue weighted by molar-refractivity contribution is 9.10. The molecule has 1 N–H and O–H groups in total. The first-order valence-corrected chi connectivity index (χ1v) is 12.3. The number of anilines is 2. The first-order chi connectivity index (χ1) is 14.6. The summed E-state index contributed by atoms with van der Waals surface area (Å²) in [6, 6.07) is 7.59. The van der Waals surface area contributed by atoms with Gasteiger partial charge in [-0.1, -0.05) is 27.7 Å². The minimum absolute atomic E-state index is 0.0477. The molecule has 0 bridgehead atoms. The summed E-state index contributed by atoms with van der Waals surface area (Å²) < 4.78 is 9.02. The van der Waals surface area contributed by atoms with E-state index < -0.39 is 0 Å². The van der Waals surface area contributed by atoms with Crippen molar-refractivity contribution in [1.82, 2.24) is 14.8 Å². The molecule has 3 heterocycles. The summed E-state index contributed by atoms with van der Waals surface area (Å²) in [4.78, 5) is 15.1. The zero-order valence-electron chi connectivity index (χ0n) is 17.2. The van der Waals surface area contributed by atoms with E-state index in [-0.39, 0.29) is 17.3 Å². The Morgan fingerprint density at radius 3 is 2.70 bits per heavy atom. The van der Waals surface area contributed by atoms with E-state index in [9.17, 15) is 4.79 Å². The monoisotopic (exact) mass is 493 g/mol. The Morgan fingerprint density at radius 1 is 1.23 bits per heavy atom. The van der Waals surface area contributed by atoms with Crippen LogP contribution in [0.5, 0.6) is 0 Å². The van der Waals surface area contributed by atoms with Crippen LogP contribution in [0.1, 0.15) is 39.0 Å². The van der Waals surface area contributed by atoms with Gasteiger partial charge in [0.15, 0.2) is 5.16 Å². The molecule has 0 radical (unpaired) electrons. The molecule has 2 unspecified atom stereocenters. The molecule has 1 aromatic heterocycles. The van der Waals surface area contributed by atoms with Crippen molar-refractivity contribution in [3.05, 3.63) is 28.7 Å². The maximum Gasteiger partial charge on any atom is 0.237 e. The first kappa shape index (κ1) is 21.6. The summed E-state index contributed by atoms with van der Waals surface area (Å²) in [6.45, 7) is 5.48. The Kier molecular flexibility index (Phi) is 7.32. The van der Waals surface area contributed by atoms with Gasteiger partial charge in [-0.25, -0.2) is 0 Å². The summed E-state index contributed by atoms with van der Waals surface area (Å²) >= 11 is 4.87. The lowest BCUT2D eigenvalue weighted by Crippen LogP contribution is -2.33. The number of rotatable bonds is 7. The largest absolute Gasteiger partial charge is 0.376 e. The molecule has 2 fully saturated rings. The fraction of sp³-hybridized carbons (Fsp3) is 0.571. The van der Waals surface area contributed by atoms with Crippen molar-refractivity contribution in [2.45, 2.75) is 62.1 Å². The molecule has 7 nitrogen and oxygen atoms in total. The van der Waals surface area contributed by atoms with Crippen LogP contribution < -0.4 is 10.2 Å². The zero-order chi connectivity index (χ0) is 20.9. The third kappa shape index (κ3) is 5.36. The van der Waals surface area contributed by atoms with Crippen molar-refractivity contribution in [3.8, 4) is 0 Å². The van der Waals surface area contributed by atoms with Crippen LogP contribution in [-0.2, 0) is 16.1 Å². The number of benzene rings is 1. The van der Waals surface area contributed by atoms with Crippen LogP contribution in [0.25, 0.3) is 0 Å². The van der Waals surface area contributed by atoms with E-state index in [0.29, 0.717) is 0 Å². The van der Waals surface area contributed by atoms with E-state index in [0.717, 1.165) is 60.3 Å². The molecule has 2 saturated heterocycles. The van der Waals surface area contributed by atoms with Crippen LogP contribution in [0.4, 0.5) is 11.6 Å². The fourth-order valence-corrected chi connectivity index (χ4v) is 4.95. The van der Waals surface area contributed by atoms with Crippen LogP contribution in [0.3, 0.4) is 0 Å². The van der Waals surface area contributed by atoms with Crippen LogP contribution in [-0.4, -0.2) is 51.7 Å². The molecule has 30 heavy (non-hydrogen) atoms. The molecule has 2 aromatic rings. The van der Waals surface area contributed by atoms with E-state index in [1.54, 1.807) is 0 Å². The number of halogens is 1. The predicted octanol–water partition coefficient (Wildman–Crippen LogP) is 4.33. The third-order valence-corrected chi connectivity index (χ3v) is 7.12. The van der Waals surface area contributed by atoms with E-state index in [1.165, 1.54) is 31.0 Å². The topological polar surface area (TPSA) is 72.3 Å². The number of carbonyl (C=O) groups excluding carboxylic acids is 1. The van der Waals surface area contributed by atoms with Crippen molar-refractivity contribution in [2.24, 2.45) is 0 Å². The number of nitrogens with zero attached hydrogens (tertiary/aromatic N) is 4. The third-order valence-electron chi connectivity index (χ3n) is 5.51. The lowest BCUT2D eigenvalue weighted by molar-refractivity contribution is -0.115. The number of piperidine rings is 1. The number of carbonyl (C=O) groups is 1. The quantitative estimate of drug-likeness (QED) is 0.578. The SMILES string of the molecule is CC(Sc1nnc(N2CCCCC2)n1CC1CCCO1)C(=O)Nc1ccc(Br)cc1. The Morgan fingerprint density at radius 2 is 2.00 bits per heavy atom. The van der Waals surface area contributed by atoms with Crippen molar-refractivity contribution in [2.75, 3.05) is 29.9 Å². The van der Waals surface area contributed by atoms with Gasteiger partial charge in [0.25, 0.3) is 0 Å². The maximum atomic E-state index is 12.7. The van der Waals surface area contributed by atoms with Crippen molar-refractivity contribution in [3.63, 3.8) is 0 Å². The lowest BCUT2D eigenvalue weighted by atomic mass is 10.1. The molecule has 1 aromatic carbocycles. The summed E-state index contributed by atoms with van der Waals surface area (Å²) in [6.07, 6.45) is 5.98. The molecule has 162 valence electrons. The second kappa shape index (κ2) is 10.2. The molecular weight excluding hydrogens is 466 g/mol. The Hall–Kier alpha value is -1.58. The average molecular weight is 494 g/mol. The normalized spacial score (nSPS) is 20.3. The van der Waals surface area contributed by atoms with E-state index in [4.69, 9.17) is 4.74 Å². The smallest absolute Gasteiger partial charge is 0.237 e. The molecule has 2 atom stereocenters. The number of ether oxygens (including phenoxy) is 1. The summed E-state index contributed by atoms with van der Waals surface area (Å²) in [5.74, 6) is 0.863. The summed E-state index contributed by atoms with van der Waals surface area (Å²) in [5, 5.41) is 12.4. The van der Waals surface area contributed by atoms with E-state index in [2.05, 4.69) is 40.9 Å². The molecule has 1 amide bonds. The molecule has 2 aliphatic rings. The highest BCUT2D eigenvalue weighted by atomic mass is 79.9. The van der Waals surface area contributed by atoms with Gasteiger partial charge in [-0.05, 0) is 63.3 Å². The molecular formula is C21H28BrN5O2S. The average Bonchev–Trinajstić information content (AvgIpc) is 3.41. The van der Waals surface area contributed by atoms with Gasteiger partial charge in [0, 0.05) is 29.9 Å². The van der Waals surface area contributed by atoms with Crippen LogP contribution in [0, 0.1) is 0 Å². The van der Waals surface area contributed by atoms with Crippen molar-refractivity contribution in [1.29, 1.82) is 0 Å². The van der Waals surface area contributed by atoms with Gasteiger partial charge in [-0.2, -0.15) is 0 Å². The van der Waals surface area contributed by atoms with Crippen molar-refractivity contribution < 1.29 is 9.53 Å². The van der Waals surface area contributed by atoms with E-state index in [1.807, 2.05) is 31.2 Å². The Bertz CT molecular complexity index is 848. The van der Waals surface area contributed by atoms with Gasteiger partial charge in [-0.3, -0.25) is 9.36 Å². The molecule has 0 spiro atoms. The summed E-state index contributed by atoms with van der Waals surface area (Å²) in [7, 11) is 0. The van der Waals surface area contributed by atoms with Gasteiger partial charge >= 0.3 is 0 Å². The van der Waals surface area contributed by atoms with Crippen molar-refractivity contribution >= 4 is 45.2 Å². The van der Waals surface area contributed by atoms with Gasteiger partial charge < -0.3 is 15.0 Å². The minimum atomic E-state index is -0.296. The van der Waals surface area contributed by atoms with Gasteiger partial charge in [-0.15, -0.1) is 10.2 Å². The van der Waals surface area contributed by atoms with Gasteiger partial charge in [0.1, 0.15) is 0 Å². The standard InChI is InChI=1S/C21H28BrN5O2S/c1-15(19(28)23-17-9-7-16(22)8-10-17)30-21-25-24-20(26-11-3-2-4-12-26)27(21)14-18-6-5-13-29-18/h7-10,15,18H,2-6,11-14H2,1H3,(H,23,28). The molecule has 0 aliphatic carbocycles. The highest BCUT2D eigenvalue weighted by Crippen LogP contribution is 2.29. The maximum absolute atomic E-state index is 12.7. The van der Waals surface area contributed by atoms with Crippen LogP contribution in [0.15, 0.2) is 33.9 Å². The van der Waals surface area contributed by atoms with Crippen LogP contribution >= 0.6 is 27.7 Å². The zero-order valence-corrected chi connectivity index (χ0v) is 19.6. The second-order valence-corrected chi connectivity index (χ2v) is 10.1. The predicted molar refractivity (Wildman–Crippen MR) is 123 cm³/mol. The fourth-order valence-electron chi connectivity index (χ4n) is 3.84. The highest BCUT2D eigenvalue weighted by Gasteiger charge is 2.26. The molecule has 4 rings (SSSR count). The van der Waals surface area contributed by atoms with E-state index >= 15 is 0 Å². The number of amides is 1. The van der Waals surface area contributed by atoms with Gasteiger partial charge in [0.2, 0.25) is 11.9 Å². The van der Waals surface area contributed by atoms with Gasteiger partial charge in [0.05, 0.1) is 17.9 Å². The molecule has 0 saturated carbocycles. The van der Waals surface area contributed by atoms with Crippen LogP contribution in [0.2, 0.25) is 0 Å². The number of nitrogens with one attached hydrogen (secondary N) is 1. The number of hydrogen-bond acceptors (Lipinski definition) is 6. The Balaban J connectivity index is 1.48. The Labute approximate surface area is 190 Å².